The first kappa shape index (κ1) is 18.1. The van der Waals surface area contributed by atoms with Crippen LogP contribution in [-0.2, 0) is 0 Å². The van der Waals surface area contributed by atoms with Gasteiger partial charge in [0.25, 0.3) is 5.91 Å². The predicted molar refractivity (Wildman–Crippen MR) is 101 cm³/mol. The molecule has 27 heavy (non-hydrogen) atoms. The van der Waals surface area contributed by atoms with Gasteiger partial charge < -0.3 is 26.4 Å². The molecule has 0 saturated carbocycles. The number of H-pyrrole nitrogens is 1. The van der Waals surface area contributed by atoms with Crippen LogP contribution in [0.5, 0.6) is 17.2 Å². The van der Waals surface area contributed by atoms with Crippen molar-refractivity contribution < 1.29 is 20.1 Å². The molecule has 0 atom stereocenters. The van der Waals surface area contributed by atoms with E-state index in [4.69, 9.17) is 17.3 Å². The van der Waals surface area contributed by atoms with E-state index >= 15 is 0 Å². The molecule has 0 radical (unpaired) electrons. The Balaban J connectivity index is 1.95. The van der Waals surface area contributed by atoms with Crippen LogP contribution in [0.25, 0.3) is 0 Å². The fraction of sp³-hybridized carbons (Fsp3) is 0. The molecule has 1 heterocycles. The van der Waals surface area contributed by atoms with E-state index in [-0.39, 0.29) is 28.5 Å². The topological polar surface area (TPSA) is 157 Å². The van der Waals surface area contributed by atoms with Gasteiger partial charge in [-0.1, -0.05) is 17.7 Å². The SMILES string of the molecule is NC(=O)c1c(N=Cc2c(O)cc(O)cc2O)n[nH]c1Nc1cccc(Cl)c1. The van der Waals surface area contributed by atoms with E-state index in [9.17, 15) is 20.1 Å². The Morgan fingerprint density at radius 2 is 1.93 bits per heavy atom. The molecule has 1 aromatic heterocycles. The van der Waals surface area contributed by atoms with Gasteiger partial charge >= 0.3 is 0 Å². The van der Waals surface area contributed by atoms with Crippen LogP contribution in [0.2, 0.25) is 5.02 Å². The number of nitrogens with two attached hydrogens (primary N) is 1. The number of halogens is 1. The third kappa shape index (κ3) is 3.93. The van der Waals surface area contributed by atoms with E-state index < -0.39 is 17.4 Å². The molecule has 0 aliphatic rings. The van der Waals surface area contributed by atoms with Crippen molar-refractivity contribution >= 4 is 41.0 Å². The van der Waals surface area contributed by atoms with Crippen LogP contribution in [0.15, 0.2) is 41.4 Å². The number of nitrogens with zero attached hydrogens (tertiary/aromatic N) is 2. The number of primary amides is 1. The molecule has 0 saturated heterocycles. The van der Waals surface area contributed by atoms with Crippen molar-refractivity contribution in [3.05, 3.63) is 52.5 Å². The third-order valence-electron chi connectivity index (χ3n) is 3.52. The molecule has 3 aromatic rings. The average molecular weight is 388 g/mol. The molecule has 0 unspecified atom stereocenters. The Morgan fingerprint density at radius 1 is 1.22 bits per heavy atom. The molecule has 7 N–H and O–H groups in total. The lowest BCUT2D eigenvalue weighted by Gasteiger charge is -2.05. The number of aromatic nitrogens is 2. The van der Waals surface area contributed by atoms with Crippen LogP contribution in [0.1, 0.15) is 15.9 Å². The van der Waals surface area contributed by atoms with Crippen molar-refractivity contribution in [1.29, 1.82) is 0 Å². The molecular formula is C17H14ClN5O4. The van der Waals surface area contributed by atoms with E-state index in [1.165, 1.54) is 0 Å². The summed E-state index contributed by atoms with van der Waals surface area (Å²) in [5.41, 5.74) is 5.93. The number of phenolic OH excluding ortho intramolecular Hbond substituents is 3. The first-order valence-corrected chi connectivity index (χ1v) is 7.92. The fourth-order valence-electron chi connectivity index (χ4n) is 2.33. The molecule has 10 heteroatoms. The Labute approximate surface area is 157 Å². The Morgan fingerprint density at radius 3 is 2.56 bits per heavy atom. The normalized spacial score (nSPS) is 11.0. The van der Waals surface area contributed by atoms with Crippen LogP contribution < -0.4 is 11.1 Å². The zero-order chi connectivity index (χ0) is 19.6. The van der Waals surface area contributed by atoms with Crippen LogP contribution in [0.4, 0.5) is 17.3 Å². The number of aromatic amines is 1. The van der Waals surface area contributed by atoms with Gasteiger partial charge in [0.15, 0.2) is 5.82 Å². The second kappa shape index (κ2) is 7.26. The highest BCUT2D eigenvalue weighted by atomic mass is 35.5. The van der Waals surface area contributed by atoms with Gasteiger partial charge in [-0.2, -0.15) is 5.10 Å². The number of hydrogen-bond acceptors (Lipinski definition) is 7. The minimum atomic E-state index is -0.792. The molecule has 9 nitrogen and oxygen atoms in total. The van der Waals surface area contributed by atoms with Gasteiger partial charge in [-0.05, 0) is 18.2 Å². The highest BCUT2D eigenvalue weighted by Gasteiger charge is 2.18. The molecule has 0 aliphatic carbocycles. The number of hydrogen-bond donors (Lipinski definition) is 6. The first-order valence-electron chi connectivity index (χ1n) is 7.55. The first-order chi connectivity index (χ1) is 12.8. The third-order valence-corrected chi connectivity index (χ3v) is 3.76. The van der Waals surface area contributed by atoms with E-state index in [1.54, 1.807) is 24.3 Å². The van der Waals surface area contributed by atoms with Gasteiger partial charge in [0.1, 0.15) is 28.6 Å². The number of benzene rings is 2. The smallest absolute Gasteiger partial charge is 0.256 e. The van der Waals surface area contributed by atoms with Crippen LogP contribution >= 0.6 is 11.6 Å². The summed E-state index contributed by atoms with van der Waals surface area (Å²) in [6.45, 7) is 0. The maximum atomic E-state index is 11.8. The molecular weight excluding hydrogens is 374 g/mol. The molecule has 0 aliphatic heterocycles. The highest BCUT2D eigenvalue weighted by Crippen LogP contribution is 2.32. The maximum Gasteiger partial charge on any atom is 0.256 e. The largest absolute Gasteiger partial charge is 0.508 e. The minimum absolute atomic E-state index is 0.0241. The summed E-state index contributed by atoms with van der Waals surface area (Å²) in [7, 11) is 0. The monoisotopic (exact) mass is 387 g/mol. The van der Waals surface area contributed by atoms with Crippen molar-refractivity contribution in [3.8, 4) is 17.2 Å². The van der Waals surface area contributed by atoms with E-state index in [2.05, 4.69) is 20.5 Å². The molecule has 0 spiro atoms. The van der Waals surface area contributed by atoms with E-state index in [0.717, 1.165) is 18.3 Å². The number of aromatic hydroxyl groups is 3. The van der Waals surface area contributed by atoms with Crippen molar-refractivity contribution in [2.45, 2.75) is 0 Å². The van der Waals surface area contributed by atoms with Crippen LogP contribution in [-0.4, -0.2) is 37.6 Å². The molecule has 2 aromatic carbocycles. The lowest BCUT2D eigenvalue weighted by Crippen LogP contribution is -2.12. The van der Waals surface area contributed by atoms with E-state index in [0.29, 0.717) is 10.7 Å². The van der Waals surface area contributed by atoms with Crippen molar-refractivity contribution in [1.82, 2.24) is 10.2 Å². The number of amides is 1. The van der Waals surface area contributed by atoms with Gasteiger partial charge in [-0.15, -0.1) is 0 Å². The number of phenols is 3. The zero-order valence-electron chi connectivity index (χ0n) is 13.6. The summed E-state index contributed by atoms with van der Waals surface area (Å²) < 4.78 is 0. The standard InChI is InChI=1S/C17H14ClN5O4/c18-8-2-1-3-9(4-8)21-17-14(15(19)27)16(22-23-17)20-7-11-12(25)5-10(24)6-13(11)26/h1-7,24-26H,(H2,19,27)(H2,21,22,23). The molecule has 3 rings (SSSR count). The number of carbonyl (C=O) groups excluding carboxylic acids is 1. The van der Waals surface area contributed by atoms with E-state index in [1.807, 2.05) is 0 Å². The average Bonchev–Trinajstić information content (AvgIpc) is 2.96. The fourth-order valence-corrected chi connectivity index (χ4v) is 2.52. The Kier molecular flexibility index (Phi) is 4.86. The maximum absolute atomic E-state index is 11.8. The molecule has 1 amide bonds. The Bertz CT molecular complexity index is 1020. The molecule has 0 fully saturated rings. The van der Waals surface area contributed by atoms with Gasteiger partial charge in [-0.3, -0.25) is 9.89 Å². The predicted octanol–water partition coefficient (Wildman–Crippen LogP) is 2.77. The number of rotatable bonds is 5. The van der Waals surface area contributed by atoms with Crippen molar-refractivity contribution in [3.63, 3.8) is 0 Å². The summed E-state index contributed by atoms with van der Waals surface area (Å²) in [6, 6.07) is 8.86. The summed E-state index contributed by atoms with van der Waals surface area (Å²) in [5, 5.41) is 38.9. The van der Waals surface area contributed by atoms with Gasteiger partial charge in [0, 0.05) is 29.1 Å². The summed E-state index contributed by atoms with van der Waals surface area (Å²) in [4.78, 5) is 15.8. The Hall–Kier alpha value is -3.72. The van der Waals surface area contributed by atoms with Gasteiger partial charge in [0.2, 0.25) is 0 Å². The van der Waals surface area contributed by atoms with Crippen molar-refractivity contribution in [2.24, 2.45) is 10.7 Å². The number of anilines is 2. The lowest BCUT2D eigenvalue weighted by molar-refractivity contribution is 0.100. The van der Waals surface area contributed by atoms with Crippen LogP contribution in [0, 0.1) is 0 Å². The molecule has 0 bridgehead atoms. The number of carbonyl (C=O) groups is 1. The summed E-state index contributed by atoms with van der Waals surface area (Å²) in [5.74, 6) is -1.75. The lowest BCUT2D eigenvalue weighted by atomic mass is 10.2. The molecule has 138 valence electrons. The zero-order valence-corrected chi connectivity index (χ0v) is 14.4. The summed E-state index contributed by atoms with van der Waals surface area (Å²) >= 11 is 5.93. The second-order valence-electron chi connectivity index (χ2n) is 5.45. The van der Waals surface area contributed by atoms with Crippen molar-refractivity contribution in [2.75, 3.05) is 5.32 Å². The quantitative estimate of drug-likeness (QED) is 0.369. The summed E-state index contributed by atoms with van der Waals surface area (Å²) in [6.07, 6.45) is 1.09. The highest BCUT2D eigenvalue weighted by molar-refractivity contribution is 6.30. The second-order valence-corrected chi connectivity index (χ2v) is 5.89. The minimum Gasteiger partial charge on any atom is -0.508 e. The van der Waals surface area contributed by atoms with Gasteiger partial charge in [-0.25, -0.2) is 4.99 Å². The number of aliphatic imine (C=N–C) groups is 1. The van der Waals surface area contributed by atoms with Gasteiger partial charge in [0.05, 0.1) is 5.56 Å². The number of nitrogens with one attached hydrogen (secondary N) is 2. The van der Waals surface area contributed by atoms with Crippen LogP contribution in [0.3, 0.4) is 0 Å².